The first-order chi connectivity index (χ1) is 15.9. The summed E-state index contributed by atoms with van der Waals surface area (Å²) in [6.07, 6.45) is 1.93. The largest absolute Gasteiger partial charge is 0.335 e. The summed E-state index contributed by atoms with van der Waals surface area (Å²) >= 11 is 0. The number of sulfonamides is 1. The van der Waals surface area contributed by atoms with Crippen LogP contribution in [0, 0.1) is 6.92 Å². The van der Waals surface area contributed by atoms with Gasteiger partial charge in [0.2, 0.25) is 15.9 Å². The first-order valence-electron chi connectivity index (χ1n) is 11.0. The van der Waals surface area contributed by atoms with Crippen LogP contribution in [0.2, 0.25) is 0 Å². The van der Waals surface area contributed by atoms with Crippen molar-refractivity contribution in [2.75, 3.05) is 6.54 Å². The molecule has 170 valence electrons. The maximum absolute atomic E-state index is 13.8. The Balaban J connectivity index is 1.75. The summed E-state index contributed by atoms with van der Waals surface area (Å²) in [6.45, 7) is 6.51. The second-order valence-electron chi connectivity index (χ2n) is 8.36. The van der Waals surface area contributed by atoms with Gasteiger partial charge in [-0.05, 0) is 36.6 Å². The summed E-state index contributed by atoms with van der Waals surface area (Å²) in [5, 5.41) is 0. The molecule has 1 saturated heterocycles. The highest BCUT2D eigenvalue weighted by molar-refractivity contribution is 7.89. The zero-order valence-electron chi connectivity index (χ0n) is 18.7. The van der Waals surface area contributed by atoms with E-state index in [2.05, 4.69) is 6.58 Å². The fourth-order valence-electron chi connectivity index (χ4n) is 4.26. The molecule has 4 rings (SSSR count). The summed E-state index contributed by atoms with van der Waals surface area (Å²) in [5.74, 6) is -0.198. The number of aryl methyl sites for hydroxylation is 1. The molecule has 0 bridgehead atoms. The quantitative estimate of drug-likeness (QED) is 0.497. The molecule has 0 aliphatic carbocycles. The zero-order valence-corrected chi connectivity index (χ0v) is 19.5. The minimum Gasteiger partial charge on any atom is -0.335 e. The third-order valence-corrected chi connectivity index (χ3v) is 7.94. The highest BCUT2D eigenvalue weighted by Gasteiger charge is 2.46. The van der Waals surface area contributed by atoms with Crippen LogP contribution in [0.3, 0.4) is 0 Å². The molecule has 0 spiro atoms. The molecule has 1 aliphatic rings. The zero-order chi connectivity index (χ0) is 23.4. The average molecular weight is 461 g/mol. The highest BCUT2D eigenvalue weighted by Crippen LogP contribution is 2.30. The number of carbonyl (C=O) groups is 1. The van der Waals surface area contributed by atoms with E-state index in [1.165, 1.54) is 4.31 Å². The molecular weight excluding hydrogens is 432 g/mol. The average Bonchev–Trinajstić information content (AvgIpc) is 2.83. The standard InChI is InChI=1S/C27H28N2O3S/c1-3-24-20-28(19-23-12-8-5-9-13-23)27(30)26(18-22-10-6-4-7-11-22)29(24)33(31,32)25-16-14-21(2)15-17-25/h3-17,24,26H,1,18-20H2,2H3/t24-,26-/m0/s1. The van der Waals surface area contributed by atoms with Crippen molar-refractivity contribution in [1.82, 2.24) is 9.21 Å². The number of hydrogen-bond donors (Lipinski definition) is 0. The maximum atomic E-state index is 13.8. The summed E-state index contributed by atoms with van der Waals surface area (Å²) < 4.78 is 28.9. The molecule has 1 heterocycles. The van der Waals surface area contributed by atoms with E-state index in [0.717, 1.165) is 16.7 Å². The molecule has 6 heteroatoms. The van der Waals surface area contributed by atoms with Crippen molar-refractivity contribution >= 4 is 15.9 Å². The lowest BCUT2D eigenvalue weighted by atomic mass is 10.00. The van der Waals surface area contributed by atoms with E-state index in [1.807, 2.05) is 67.6 Å². The Bertz CT molecular complexity index is 1210. The monoisotopic (exact) mass is 460 g/mol. The van der Waals surface area contributed by atoms with Crippen LogP contribution in [0.5, 0.6) is 0 Å². The van der Waals surface area contributed by atoms with Crippen LogP contribution in [-0.4, -0.2) is 42.2 Å². The lowest BCUT2D eigenvalue weighted by Crippen LogP contribution is -2.63. The fourth-order valence-corrected chi connectivity index (χ4v) is 6.00. The van der Waals surface area contributed by atoms with Crippen LogP contribution >= 0.6 is 0 Å². The molecule has 3 aromatic rings. The van der Waals surface area contributed by atoms with E-state index in [4.69, 9.17) is 0 Å². The van der Waals surface area contributed by atoms with E-state index in [1.54, 1.807) is 35.2 Å². The number of carbonyl (C=O) groups excluding carboxylic acids is 1. The Kier molecular flexibility index (Phi) is 6.77. The second-order valence-corrected chi connectivity index (χ2v) is 10.2. The number of benzene rings is 3. The van der Waals surface area contributed by atoms with Crippen LogP contribution < -0.4 is 0 Å². The molecule has 0 unspecified atom stereocenters. The molecule has 0 aromatic heterocycles. The van der Waals surface area contributed by atoms with Crippen molar-refractivity contribution < 1.29 is 13.2 Å². The summed E-state index contributed by atoms with van der Waals surface area (Å²) in [7, 11) is -3.92. The maximum Gasteiger partial charge on any atom is 0.244 e. The number of amides is 1. The van der Waals surface area contributed by atoms with Crippen molar-refractivity contribution in [3.05, 3.63) is 114 Å². The van der Waals surface area contributed by atoms with Gasteiger partial charge in [0.15, 0.2) is 0 Å². The van der Waals surface area contributed by atoms with E-state index in [-0.39, 0.29) is 17.3 Å². The van der Waals surface area contributed by atoms with Crippen LogP contribution in [0.4, 0.5) is 0 Å². The number of nitrogens with zero attached hydrogens (tertiary/aromatic N) is 2. The van der Waals surface area contributed by atoms with E-state index in [9.17, 15) is 13.2 Å². The van der Waals surface area contributed by atoms with E-state index in [0.29, 0.717) is 13.0 Å². The lowest BCUT2D eigenvalue weighted by molar-refractivity contribution is -0.141. The van der Waals surface area contributed by atoms with Crippen molar-refractivity contribution in [3.63, 3.8) is 0 Å². The SMILES string of the molecule is C=C[C@H]1CN(Cc2ccccc2)C(=O)[C@H](Cc2ccccc2)N1S(=O)(=O)c1ccc(C)cc1. The van der Waals surface area contributed by atoms with Crippen molar-refractivity contribution in [1.29, 1.82) is 0 Å². The van der Waals surface area contributed by atoms with Gasteiger partial charge in [0.1, 0.15) is 6.04 Å². The van der Waals surface area contributed by atoms with Gasteiger partial charge in [0.25, 0.3) is 0 Å². The van der Waals surface area contributed by atoms with Gasteiger partial charge in [0, 0.05) is 13.1 Å². The van der Waals surface area contributed by atoms with Crippen LogP contribution in [0.1, 0.15) is 16.7 Å². The van der Waals surface area contributed by atoms with Crippen LogP contribution in [0.15, 0.2) is 102 Å². The third kappa shape index (κ3) is 4.92. The van der Waals surface area contributed by atoms with Crippen LogP contribution in [-0.2, 0) is 27.8 Å². The molecule has 33 heavy (non-hydrogen) atoms. The molecule has 2 atom stereocenters. The van der Waals surface area contributed by atoms with Gasteiger partial charge in [-0.1, -0.05) is 84.4 Å². The number of hydrogen-bond acceptors (Lipinski definition) is 3. The van der Waals surface area contributed by atoms with Gasteiger partial charge in [-0.3, -0.25) is 4.79 Å². The predicted molar refractivity (Wildman–Crippen MR) is 130 cm³/mol. The number of rotatable bonds is 7. The smallest absolute Gasteiger partial charge is 0.244 e. The van der Waals surface area contributed by atoms with E-state index >= 15 is 0 Å². The van der Waals surface area contributed by atoms with Crippen LogP contribution in [0.25, 0.3) is 0 Å². The molecule has 1 amide bonds. The van der Waals surface area contributed by atoms with E-state index < -0.39 is 22.1 Å². The first kappa shape index (κ1) is 23.0. The number of piperazine rings is 1. The summed E-state index contributed by atoms with van der Waals surface area (Å²) in [4.78, 5) is 15.7. The molecule has 0 saturated carbocycles. The first-order valence-corrected chi connectivity index (χ1v) is 12.4. The normalized spacial score (nSPS) is 19.4. The third-order valence-electron chi connectivity index (χ3n) is 5.99. The highest BCUT2D eigenvalue weighted by atomic mass is 32.2. The molecule has 1 aliphatic heterocycles. The lowest BCUT2D eigenvalue weighted by Gasteiger charge is -2.44. The minimum absolute atomic E-state index is 0.183. The summed E-state index contributed by atoms with van der Waals surface area (Å²) in [6, 6.07) is 24.6. The van der Waals surface area contributed by atoms with Gasteiger partial charge in [-0.15, -0.1) is 6.58 Å². The van der Waals surface area contributed by atoms with Gasteiger partial charge in [-0.25, -0.2) is 8.42 Å². The van der Waals surface area contributed by atoms with Gasteiger partial charge in [0.05, 0.1) is 10.9 Å². The van der Waals surface area contributed by atoms with Gasteiger partial charge in [-0.2, -0.15) is 4.31 Å². The second kappa shape index (κ2) is 9.73. The van der Waals surface area contributed by atoms with Gasteiger partial charge < -0.3 is 4.90 Å². The topological polar surface area (TPSA) is 57.7 Å². The molecule has 0 radical (unpaired) electrons. The molecule has 0 N–H and O–H groups in total. The van der Waals surface area contributed by atoms with Crippen molar-refractivity contribution in [2.24, 2.45) is 0 Å². The van der Waals surface area contributed by atoms with Crippen molar-refractivity contribution in [3.8, 4) is 0 Å². The minimum atomic E-state index is -3.92. The Morgan fingerprint density at radius 1 is 0.909 bits per heavy atom. The molecular formula is C27H28N2O3S. The van der Waals surface area contributed by atoms with Gasteiger partial charge >= 0.3 is 0 Å². The molecule has 5 nitrogen and oxygen atoms in total. The fraction of sp³-hybridized carbons (Fsp3) is 0.222. The summed E-state index contributed by atoms with van der Waals surface area (Å²) in [5.41, 5.74) is 2.88. The Hall–Kier alpha value is -3.22. The Morgan fingerprint density at radius 3 is 2.06 bits per heavy atom. The predicted octanol–water partition coefficient (Wildman–Crippen LogP) is 4.19. The molecule has 1 fully saturated rings. The Morgan fingerprint density at radius 2 is 1.48 bits per heavy atom. The Labute approximate surface area is 196 Å². The molecule has 3 aromatic carbocycles. The van der Waals surface area contributed by atoms with Crippen molar-refractivity contribution in [2.45, 2.75) is 36.9 Å².